The van der Waals surface area contributed by atoms with Crippen molar-refractivity contribution in [2.45, 2.75) is 25.9 Å². The number of benzene rings is 2. The highest BCUT2D eigenvalue weighted by Gasteiger charge is 2.21. The number of carbonyl (C=O) groups excluding carboxylic acids is 2. The van der Waals surface area contributed by atoms with Crippen molar-refractivity contribution < 1.29 is 18.9 Å². The highest BCUT2D eigenvalue weighted by atomic mass is 35.5. The van der Waals surface area contributed by atoms with E-state index in [9.17, 15) is 14.0 Å². The standard InChI is InChI=1S/C20H22ClFN2O2/c1-14(25)19(11-15-7-4-3-5-8-15)23-20(26)13-24(2)12-16-17(21)9-6-10-18(16)22/h3-10,19H,11-13H2,1-2H3,(H,23,26)/p+1/t19-/m0/s1. The normalized spacial score (nSPS) is 13.1. The van der Waals surface area contributed by atoms with Gasteiger partial charge in [-0.3, -0.25) is 9.59 Å². The molecule has 6 heteroatoms. The molecule has 138 valence electrons. The topological polar surface area (TPSA) is 50.6 Å². The van der Waals surface area contributed by atoms with Crippen molar-refractivity contribution in [3.05, 3.63) is 70.5 Å². The van der Waals surface area contributed by atoms with Crippen molar-refractivity contribution in [3.63, 3.8) is 0 Å². The first-order valence-corrected chi connectivity index (χ1v) is 8.82. The quantitative estimate of drug-likeness (QED) is 0.737. The van der Waals surface area contributed by atoms with Crippen molar-refractivity contribution in [1.82, 2.24) is 5.32 Å². The molecule has 0 spiro atoms. The lowest BCUT2D eigenvalue weighted by Crippen LogP contribution is -3.09. The summed E-state index contributed by atoms with van der Waals surface area (Å²) in [6.45, 7) is 1.86. The second-order valence-electron chi connectivity index (χ2n) is 6.43. The summed E-state index contributed by atoms with van der Waals surface area (Å²) in [6.07, 6.45) is 0.445. The van der Waals surface area contributed by atoms with Crippen LogP contribution in [0.3, 0.4) is 0 Å². The molecule has 0 aromatic heterocycles. The van der Waals surface area contributed by atoms with Gasteiger partial charge in [-0.15, -0.1) is 0 Å². The van der Waals surface area contributed by atoms with Crippen molar-refractivity contribution in [2.24, 2.45) is 0 Å². The van der Waals surface area contributed by atoms with Gasteiger partial charge in [0.1, 0.15) is 12.4 Å². The first-order chi connectivity index (χ1) is 12.4. The maximum atomic E-state index is 13.9. The Hall–Kier alpha value is -2.24. The zero-order valence-corrected chi connectivity index (χ0v) is 15.6. The molecule has 0 fully saturated rings. The van der Waals surface area contributed by atoms with Crippen molar-refractivity contribution in [2.75, 3.05) is 13.6 Å². The smallest absolute Gasteiger partial charge is 0.275 e. The molecule has 1 unspecified atom stereocenters. The van der Waals surface area contributed by atoms with Crippen LogP contribution in [0.5, 0.6) is 0 Å². The molecule has 2 N–H and O–H groups in total. The number of nitrogens with one attached hydrogen (secondary N) is 2. The Bertz CT molecular complexity index is 747. The predicted octanol–water partition coefficient (Wildman–Crippen LogP) is 1.81. The van der Waals surface area contributed by atoms with Crippen LogP contribution in [0.4, 0.5) is 4.39 Å². The van der Waals surface area contributed by atoms with Crippen LogP contribution in [0.1, 0.15) is 18.1 Å². The molecule has 1 amide bonds. The lowest BCUT2D eigenvalue weighted by atomic mass is 10.0. The summed E-state index contributed by atoms with van der Waals surface area (Å²) in [6, 6.07) is 13.5. The summed E-state index contributed by atoms with van der Waals surface area (Å²) >= 11 is 6.03. The average Bonchev–Trinajstić information content (AvgIpc) is 2.58. The predicted molar refractivity (Wildman–Crippen MR) is 99.6 cm³/mol. The summed E-state index contributed by atoms with van der Waals surface area (Å²) in [4.78, 5) is 24.9. The first-order valence-electron chi connectivity index (χ1n) is 8.44. The molecule has 0 bridgehead atoms. The molecular weight excluding hydrogens is 355 g/mol. The van der Waals surface area contributed by atoms with E-state index in [1.807, 2.05) is 30.3 Å². The Morgan fingerprint density at radius 1 is 1.15 bits per heavy atom. The average molecular weight is 378 g/mol. The van der Waals surface area contributed by atoms with Crippen LogP contribution in [-0.2, 0) is 22.6 Å². The van der Waals surface area contributed by atoms with Crippen molar-refractivity contribution >= 4 is 23.3 Å². The zero-order valence-electron chi connectivity index (χ0n) is 14.9. The SMILES string of the molecule is CC(=O)[C@H](Cc1ccccc1)NC(=O)C[NH+](C)Cc1c(F)cccc1Cl. The number of Topliss-reactive ketones (excluding diaryl/α,β-unsaturated/α-hetero) is 1. The number of carbonyl (C=O) groups is 2. The van der Waals surface area contributed by atoms with Crippen LogP contribution in [0.2, 0.25) is 5.02 Å². The van der Waals surface area contributed by atoms with E-state index in [2.05, 4.69) is 5.32 Å². The fourth-order valence-electron chi connectivity index (χ4n) is 2.73. The van der Waals surface area contributed by atoms with Crippen LogP contribution in [-0.4, -0.2) is 31.3 Å². The van der Waals surface area contributed by atoms with Crippen molar-refractivity contribution in [3.8, 4) is 0 Å². The summed E-state index contributed by atoms with van der Waals surface area (Å²) in [5.74, 6) is -0.744. The van der Waals surface area contributed by atoms with Gasteiger partial charge in [0.05, 0.1) is 23.7 Å². The minimum atomic E-state index is -0.574. The van der Waals surface area contributed by atoms with Gasteiger partial charge in [0.2, 0.25) is 0 Å². The number of likely N-dealkylation sites (N-methyl/N-ethyl adjacent to an activating group) is 1. The van der Waals surface area contributed by atoms with E-state index in [-0.39, 0.29) is 30.6 Å². The van der Waals surface area contributed by atoms with E-state index in [0.717, 1.165) is 10.5 Å². The van der Waals surface area contributed by atoms with Gasteiger partial charge in [-0.1, -0.05) is 48.0 Å². The Morgan fingerprint density at radius 2 is 1.85 bits per heavy atom. The lowest BCUT2D eigenvalue weighted by Gasteiger charge is -2.19. The Labute approximate surface area is 158 Å². The lowest BCUT2D eigenvalue weighted by molar-refractivity contribution is -0.885. The minimum Gasteiger partial charge on any atom is -0.341 e. The molecule has 0 saturated carbocycles. The molecule has 0 aliphatic heterocycles. The number of hydrogen-bond acceptors (Lipinski definition) is 2. The maximum Gasteiger partial charge on any atom is 0.275 e. The van der Waals surface area contributed by atoms with Crippen LogP contribution in [0.25, 0.3) is 0 Å². The highest BCUT2D eigenvalue weighted by molar-refractivity contribution is 6.31. The van der Waals surface area contributed by atoms with Crippen LogP contribution in [0, 0.1) is 5.82 Å². The van der Waals surface area contributed by atoms with Crippen LogP contribution in [0.15, 0.2) is 48.5 Å². The summed E-state index contributed by atoms with van der Waals surface area (Å²) in [5.41, 5.74) is 1.36. The zero-order chi connectivity index (χ0) is 19.1. The molecular formula is C20H23ClFN2O2+. The molecule has 2 aromatic rings. The van der Waals surface area contributed by atoms with Gasteiger partial charge in [-0.05, 0) is 31.0 Å². The number of ketones is 1. The molecule has 26 heavy (non-hydrogen) atoms. The van der Waals surface area contributed by atoms with Gasteiger partial charge in [-0.2, -0.15) is 0 Å². The fourth-order valence-corrected chi connectivity index (χ4v) is 2.96. The molecule has 2 aromatic carbocycles. The second-order valence-corrected chi connectivity index (χ2v) is 6.84. The number of quaternary nitrogens is 1. The molecule has 0 heterocycles. The third-order valence-electron chi connectivity index (χ3n) is 4.11. The third-order valence-corrected chi connectivity index (χ3v) is 4.47. The third kappa shape index (κ3) is 5.93. The molecule has 0 radical (unpaired) electrons. The van der Waals surface area contributed by atoms with E-state index in [0.29, 0.717) is 17.0 Å². The largest absolute Gasteiger partial charge is 0.341 e. The van der Waals surface area contributed by atoms with Gasteiger partial charge in [-0.25, -0.2) is 4.39 Å². The minimum absolute atomic E-state index is 0.1000. The van der Waals surface area contributed by atoms with Gasteiger partial charge in [0.25, 0.3) is 5.91 Å². The molecule has 0 aliphatic carbocycles. The fraction of sp³-hybridized carbons (Fsp3) is 0.300. The number of hydrogen-bond donors (Lipinski definition) is 2. The molecule has 0 aliphatic rings. The first kappa shape index (κ1) is 20.1. The van der Waals surface area contributed by atoms with E-state index in [1.165, 1.54) is 13.0 Å². The summed E-state index contributed by atoms with van der Waals surface area (Å²) in [7, 11) is 1.78. The van der Waals surface area contributed by atoms with Crippen LogP contribution < -0.4 is 10.2 Å². The summed E-state index contributed by atoms with van der Waals surface area (Å²) < 4.78 is 13.9. The molecule has 0 saturated heterocycles. The second kappa shape index (κ2) is 9.46. The maximum absolute atomic E-state index is 13.9. The molecule has 4 nitrogen and oxygen atoms in total. The van der Waals surface area contributed by atoms with E-state index >= 15 is 0 Å². The summed E-state index contributed by atoms with van der Waals surface area (Å²) in [5, 5.41) is 3.12. The van der Waals surface area contributed by atoms with Crippen LogP contribution >= 0.6 is 11.6 Å². The Balaban J connectivity index is 1.94. The van der Waals surface area contributed by atoms with Gasteiger partial charge in [0, 0.05) is 0 Å². The van der Waals surface area contributed by atoms with Gasteiger partial charge < -0.3 is 10.2 Å². The monoisotopic (exact) mass is 377 g/mol. The van der Waals surface area contributed by atoms with Gasteiger partial charge in [0.15, 0.2) is 12.3 Å². The Morgan fingerprint density at radius 3 is 2.46 bits per heavy atom. The highest BCUT2D eigenvalue weighted by Crippen LogP contribution is 2.17. The molecule has 2 atom stereocenters. The molecule has 2 rings (SSSR count). The number of amides is 1. The number of rotatable bonds is 8. The van der Waals surface area contributed by atoms with E-state index < -0.39 is 6.04 Å². The number of halogens is 2. The van der Waals surface area contributed by atoms with E-state index in [4.69, 9.17) is 11.6 Å². The van der Waals surface area contributed by atoms with Crippen molar-refractivity contribution in [1.29, 1.82) is 0 Å². The Kier molecular flexibility index (Phi) is 7.30. The van der Waals surface area contributed by atoms with E-state index in [1.54, 1.807) is 19.2 Å². The van der Waals surface area contributed by atoms with Gasteiger partial charge >= 0.3 is 0 Å².